The van der Waals surface area contributed by atoms with Crippen molar-refractivity contribution in [1.82, 2.24) is 15.5 Å². The normalized spacial score (nSPS) is 12.4. The van der Waals surface area contributed by atoms with E-state index < -0.39 is 5.60 Å². The van der Waals surface area contributed by atoms with Crippen molar-refractivity contribution in [2.24, 2.45) is 0 Å². The van der Waals surface area contributed by atoms with Crippen molar-refractivity contribution >= 4 is 5.97 Å². The van der Waals surface area contributed by atoms with Gasteiger partial charge in [-0.2, -0.15) is 4.98 Å². The number of esters is 1. The third-order valence-electron chi connectivity index (χ3n) is 6.15. The zero-order valence-corrected chi connectivity index (χ0v) is 22.9. The average Bonchev–Trinajstić information content (AvgIpc) is 3.37. The molecule has 1 aromatic heterocycles. The fourth-order valence-electron chi connectivity index (χ4n) is 4.25. The Balaban J connectivity index is 1.48. The first-order valence-electron chi connectivity index (χ1n) is 12.7. The molecular weight excluding hydrogens is 478 g/mol. The summed E-state index contributed by atoms with van der Waals surface area (Å²) in [5.74, 6) is 0.684. The predicted octanol–water partition coefficient (Wildman–Crippen LogP) is 6.52. The van der Waals surface area contributed by atoms with Gasteiger partial charge in [-0.25, -0.2) is 0 Å². The van der Waals surface area contributed by atoms with Crippen LogP contribution in [0.2, 0.25) is 0 Å². The van der Waals surface area contributed by atoms with Crippen molar-refractivity contribution < 1.29 is 18.8 Å². The van der Waals surface area contributed by atoms with Gasteiger partial charge in [0.15, 0.2) is 0 Å². The van der Waals surface area contributed by atoms with Crippen molar-refractivity contribution in [3.05, 3.63) is 83.4 Å². The lowest BCUT2D eigenvalue weighted by atomic mass is 9.94. The molecule has 4 aromatic rings. The van der Waals surface area contributed by atoms with E-state index in [9.17, 15) is 4.79 Å². The molecular formula is C31H35N3O4. The summed E-state index contributed by atoms with van der Waals surface area (Å²) in [6, 6.07) is 22.3. The largest absolute Gasteiger partial charge is 0.459 e. The molecule has 3 aromatic carbocycles. The van der Waals surface area contributed by atoms with Crippen LogP contribution in [0.25, 0.3) is 34.0 Å². The van der Waals surface area contributed by atoms with Crippen molar-refractivity contribution in [2.45, 2.75) is 52.9 Å². The van der Waals surface area contributed by atoms with E-state index in [1.807, 2.05) is 76.2 Å². The quantitative estimate of drug-likeness (QED) is 0.255. The van der Waals surface area contributed by atoms with Crippen LogP contribution >= 0.6 is 0 Å². The first kappa shape index (κ1) is 27.2. The van der Waals surface area contributed by atoms with Crippen molar-refractivity contribution in [1.29, 1.82) is 0 Å². The van der Waals surface area contributed by atoms with E-state index in [4.69, 9.17) is 14.0 Å². The van der Waals surface area contributed by atoms with E-state index in [0.717, 1.165) is 27.8 Å². The standard InChI is InChI=1S/C31H35N3O4/c1-20-9-7-8-10-26(20)27-16-15-24(17-25(27)19-36-6)30-33-29(34-38-30)23-13-11-22(12-14-23)21(2)32-18-28(35)37-31(3,4)5/h7-17,21,32H,18-19H2,1-6H3/t21-/m1/s1. The van der Waals surface area contributed by atoms with Crippen LogP contribution in [0.3, 0.4) is 0 Å². The second-order valence-electron chi connectivity index (χ2n) is 10.4. The van der Waals surface area contributed by atoms with Crippen molar-refractivity contribution in [3.8, 4) is 34.0 Å². The summed E-state index contributed by atoms with van der Waals surface area (Å²) in [6.45, 7) is 10.3. The lowest BCUT2D eigenvalue weighted by Crippen LogP contribution is -2.32. The van der Waals surface area contributed by atoms with Crippen LogP contribution in [0.1, 0.15) is 50.4 Å². The molecule has 0 saturated heterocycles. The Hall–Kier alpha value is -3.81. The van der Waals surface area contributed by atoms with Gasteiger partial charge in [-0.3, -0.25) is 4.79 Å². The Labute approximate surface area is 224 Å². The minimum absolute atomic E-state index is 0.0247. The van der Waals surface area contributed by atoms with E-state index in [1.54, 1.807) is 7.11 Å². The second-order valence-corrected chi connectivity index (χ2v) is 10.4. The van der Waals surface area contributed by atoms with Crippen LogP contribution < -0.4 is 5.32 Å². The zero-order valence-electron chi connectivity index (χ0n) is 22.9. The molecule has 4 rings (SSSR count). The number of nitrogens with zero attached hydrogens (tertiary/aromatic N) is 2. The van der Waals surface area contributed by atoms with Gasteiger partial charge in [0.05, 0.1) is 13.2 Å². The van der Waals surface area contributed by atoms with Gasteiger partial charge in [0, 0.05) is 24.3 Å². The lowest BCUT2D eigenvalue weighted by molar-refractivity contribution is -0.153. The monoisotopic (exact) mass is 513 g/mol. The fourth-order valence-corrected chi connectivity index (χ4v) is 4.25. The molecule has 198 valence electrons. The highest BCUT2D eigenvalue weighted by atomic mass is 16.6. The van der Waals surface area contributed by atoms with Crippen molar-refractivity contribution in [2.75, 3.05) is 13.7 Å². The molecule has 0 fully saturated rings. The van der Waals surface area contributed by atoms with E-state index in [1.165, 1.54) is 11.1 Å². The average molecular weight is 514 g/mol. The molecule has 0 aliphatic rings. The van der Waals surface area contributed by atoms with E-state index >= 15 is 0 Å². The van der Waals surface area contributed by atoms with Crippen LogP contribution in [0, 0.1) is 6.92 Å². The summed E-state index contributed by atoms with van der Waals surface area (Å²) >= 11 is 0. The summed E-state index contributed by atoms with van der Waals surface area (Å²) < 4.78 is 16.5. The molecule has 1 heterocycles. The number of benzene rings is 3. The van der Waals surface area contributed by atoms with Crippen LogP contribution in [-0.2, 0) is 20.9 Å². The molecule has 1 N–H and O–H groups in total. The van der Waals surface area contributed by atoms with Gasteiger partial charge in [-0.1, -0.05) is 59.8 Å². The number of methoxy groups -OCH3 is 1. The highest BCUT2D eigenvalue weighted by Crippen LogP contribution is 2.32. The van der Waals surface area contributed by atoms with E-state index in [2.05, 4.69) is 40.6 Å². The van der Waals surface area contributed by atoms with Crippen LogP contribution in [-0.4, -0.2) is 35.4 Å². The number of hydrogen-bond acceptors (Lipinski definition) is 7. The molecule has 0 unspecified atom stereocenters. The molecule has 0 spiro atoms. The number of hydrogen-bond donors (Lipinski definition) is 1. The first-order chi connectivity index (χ1) is 18.1. The first-order valence-corrected chi connectivity index (χ1v) is 12.7. The fraction of sp³-hybridized carbons (Fsp3) is 0.323. The summed E-state index contributed by atoms with van der Waals surface area (Å²) in [6.07, 6.45) is 0. The summed E-state index contributed by atoms with van der Waals surface area (Å²) in [7, 11) is 1.69. The summed E-state index contributed by atoms with van der Waals surface area (Å²) in [5.41, 5.74) is 6.78. The number of aromatic nitrogens is 2. The minimum atomic E-state index is -0.499. The number of ether oxygens (including phenoxy) is 2. The zero-order chi connectivity index (χ0) is 27.3. The Bertz CT molecular complexity index is 1390. The van der Waals surface area contributed by atoms with Gasteiger partial charge in [0.1, 0.15) is 5.60 Å². The second kappa shape index (κ2) is 11.7. The maximum absolute atomic E-state index is 12.0. The van der Waals surface area contributed by atoms with Gasteiger partial charge in [0.25, 0.3) is 5.89 Å². The smallest absolute Gasteiger partial charge is 0.320 e. The number of carbonyl (C=O) groups is 1. The molecule has 38 heavy (non-hydrogen) atoms. The van der Waals surface area contributed by atoms with E-state index in [0.29, 0.717) is 18.3 Å². The highest BCUT2D eigenvalue weighted by molar-refractivity contribution is 5.74. The Morgan fingerprint density at radius 2 is 1.71 bits per heavy atom. The number of carbonyl (C=O) groups excluding carboxylic acids is 1. The third kappa shape index (κ3) is 6.73. The topological polar surface area (TPSA) is 86.5 Å². The van der Waals surface area contributed by atoms with Crippen LogP contribution in [0.4, 0.5) is 0 Å². The number of nitrogens with one attached hydrogen (secondary N) is 1. The van der Waals surface area contributed by atoms with Crippen molar-refractivity contribution in [3.63, 3.8) is 0 Å². The Morgan fingerprint density at radius 1 is 1.00 bits per heavy atom. The predicted molar refractivity (Wildman–Crippen MR) is 148 cm³/mol. The molecule has 0 saturated carbocycles. The third-order valence-corrected chi connectivity index (χ3v) is 6.15. The molecule has 0 amide bonds. The molecule has 0 bridgehead atoms. The molecule has 7 nitrogen and oxygen atoms in total. The minimum Gasteiger partial charge on any atom is -0.459 e. The van der Waals surface area contributed by atoms with E-state index in [-0.39, 0.29) is 18.6 Å². The van der Waals surface area contributed by atoms with Gasteiger partial charge in [-0.05, 0) is 74.6 Å². The number of aryl methyl sites for hydroxylation is 1. The van der Waals surface area contributed by atoms with Gasteiger partial charge in [-0.15, -0.1) is 0 Å². The van der Waals surface area contributed by atoms with Crippen LogP contribution in [0.5, 0.6) is 0 Å². The van der Waals surface area contributed by atoms with Gasteiger partial charge >= 0.3 is 5.97 Å². The highest BCUT2D eigenvalue weighted by Gasteiger charge is 2.18. The molecule has 0 aliphatic heterocycles. The SMILES string of the molecule is COCc1cc(-c2nc(-c3ccc([C@@H](C)NCC(=O)OC(C)(C)C)cc3)no2)ccc1-c1ccccc1C. The van der Waals surface area contributed by atoms with Gasteiger partial charge < -0.3 is 19.3 Å². The summed E-state index contributed by atoms with van der Waals surface area (Å²) in [5, 5.41) is 7.41. The Kier molecular flexibility index (Phi) is 8.39. The molecule has 1 atom stereocenters. The number of rotatable bonds is 9. The molecule has 0 aliphatic carbocycles. The lowest BCUT2D eigenvalue weighted by Gasteiger charge is -2.21. The van der Waals surface area contributed by atoms with Gasteiger partial charge in [0.2, 0.25) is 5.82 Å². The maximum atomic E-state index is 12.0. The maximum Gasteiger partial charge on any atom is 0.320 e. The molecule has 0 radical (unpaired) electrons. The summed E-state index contributed by atoms with van der Waals surface area (Å²) in [4.78, 5) is 16.6. The van der Waals surface area contributed by atoms with Crippen LogP contribution in [0.15, 0.2) is 71.3 Å². The Morgan fingerprint density at radius 3 is 2.39 bits per heavy atom. The molecule has 7 heteroatoms.